The first-order valence-corrected chi connectivity index (χ1v) is 10.9. The molecule has 1 saturated carbocycles. The molecular weight excluding hydrogens is 464 g/mol. The molecule has 11 heteroatoms. The lowest BCUT2D eigenvalue weighted by molar-refractivity contribution is -0.119. The maximum atomic E-state index is 13.7. The molecule has 5 rings (SSSR count). The summed E-state index contributed by atoms with van der Waals surface area (Å²) >= 11 is 6.15. The zero-order valence-electron chi connectivity index (χ0n) is 17.9. The zero-order valence-corrected chi connectivity index (χ0v) is 18.7. The van der Waals surface area contributed by atoms with Gasteiger partial charge in [-0.1, -0.05) is 17.7 Å². The number of aryl methyl sites for hydroxylation is 1. The summed E-state index contributed by atoms with van der Waals surface area (Å²) in [7, 11) is 0. The number of carbonyl (C=O) groups excluding carboxylic acids is 1. The second-order valence-corrected chi connectivity index (χ2v) is 8.49. The van der Waals surface area contributed by atoms with E-state index in [1.165, 1.54) is 0 Å². The molecule has 4 aromatic rings. The average Bonchev–Trinajstić information content (AvgIpc) is 3.53. The van der Waals surface area contributed by atoms with Crippen LogP contribution in [0.15, 0.2) is 30.5 Å². The predicted octanol–water partition coefficient (Wildman–Crippen LogP) is 4.41. The van der Waals surface area contributed by atoms with Gasteiger partial charge in [-0.2, -0.15) is 14.9 Å². The minimum absolute atomic E-state index is 0.0209. The van der Waals surface area contributed by atoms with Crippen molar-refractivity contribution in [2.45, 2.75) is 32.2 Å². The number of nitrogens with zero attached hydrogens (tertiary/aromatic N) is 5. The van der Waals surface area contributed by atoms with Crippen LogP contribution in [0, 0.1) is 18.3 Å². The Labute approximate surface area is 197 Å². The maximum absolute atomic E-state index is 13.7. The number of nitrogens with one attached hydrogen (secondary N) is 2. The number of rotatable bonds is 6. The minimum atomic E-state index is -2.97. The topological polar surface area (TPSA) is 108 Å². The van der Waals surface area contributed by atoms with Crippen LogP contribution in [0.5, 0.6) is 0 Å². The standard InChI is InChI=1S/C23H18ClF2N7O/c1-11-18(19-15-5-2-13(24)8-12(15)6-7-28-19)23(29-10-17(34)31-14-3-4-14)33-22(30-11)16(9-27)20(32-33)21(25)26/h2,5-8,14,21,29H,3-4,10H2,1H3,(H,31,34). The van der Waals surface area contributed by atoms with E-state index in [0.717, 1.165) is 28.1 Å². The summed E-state index contributed by atoms with van der Waals surface area (Å²) in [4.78, 5) is 21.4. The number of halogens is 3. The van der Waals surface area contributed by atoms with Gasteiger partial charge in [0.15, 0.2) is 5.65 Å². The SMILES string of the molecule is Cc1nc2c(C#N)c(C(F)F)nn2c(NCC(=O)NC2CC2)c1-c1nccc2cc(Cl)ccc12. The first-order chi connectivity index (χ1) is 16.4. The Hall–Kier alpha value is -3.84. The summed E-state index contributed by atoms with van der Waals surface area (Å²) in [5.41, 5.74) is 0.422. The molecule has 0 saturated heterocycles. The first kappa shape index (κ1) is 22.0. The van der Waals surface area contributed by atoms with Crippen LogP contribution in [0.1, 0.15) is 36.2 Å². The molecule has 2 N–H and O–H groups in total. The van der Waals surface area contributed by atoms with Crippen LogP contribution in [-0.2, 0) is 4.79 Å². The summed E-state index contributed by atoms with van der Waals surface area (Å²) < 4.78 is 28.5. The fourth-order valence-corrected chi connectivity index (χ4v) is 4.08. The maximum Gasteiger partial charge on any atom is 0.283 e. The lowest BCUT2D eigenvalue weighted by Gasteiger charge is -2.17. The van der Waals surface area contributed by atoms with Gasteiger partial charge >= 0.3 is 0 Å². The van der Waals surface area contributed by atoms with Gasteiger partial charge in [-0.25, -0.2) is 13.8 Å². The van der Waals surface area contributed by atoms with E-state index in [4.69, 9.17) is 11.6 Å². The van der Waals surface area contributed by atoms with Crippen LogP contribution >= 0.6 is 11.6 Å². The van der Waals surface area contributed by atoms with Gasteiger partial charge in [0, 0.05) is 22.6 Å². The van der Waals surface area contributed by atoms with Crippen LogP contribution in [0.4, 0.5) is 14.6 Å². The van der Waals surface area contributed by atoms with Gasteiger partial charge in [0.25, 0.3) is 6.43 Å². The molecule has 1 aromatic carbocycles. The number of pyridine rings is 1. The highest BCUT2D eigenvalue weighted by molar-refractivity contribution is 6.31. The summed E-state index contributed by atoms with van der Waals surface area (Å²) in [6.07, 6.45) is 0.500. The molecule has 0 radical (unpaired) electrons. The predicted molar refractivity (Wildman–Crippen MR) is 123 cm³/mol. The molecule has 3 aromatic heterocycles. The summed E-state index contributed by atoms with van der Waals surface area (Å²) in [6, 6.07) is 9.07. The third-order valence-electron chi connectivity index (χ3n) is 5.61. The molecule has 3 heterocycles. The molecule has 0 aliphatic heterocycles. The number of carbonyl (C=O) groups is 1. The fourth-order valence-electron chi connectivity index (χ4n) is 3.90. The molecule has 1 fully saturated rings. The highest BCUT2D eigenvalue weighted by atomic mass is 35.5. The van der Waals surface area contributed by atoms with Crippen LogP contribution in [0.25, 0.3) is 27.7 Å². The van der Waals surface area contributed by atoms with Crippen molar-refractivity contribution < 1.29 is 13.6 Å². The molecule has 34 heavy (non-hydrogen) atoms. The second kappa shape index (κ2) is 8.50. The molecule has 172 valence electrons. The third-order valence-corrected chi connectivity index (χ3v) is 5.85. The Morgan fingerprint density at radius 3 is 2.85 bits per heavy atom. The van der Waals surface area contributed by atoms with Crippen molar-refractivity contribution in [3.8, 4) is 17.3 Å². The van der Waals surface area contributed by atoms with Crippen molar-refractivity contribution in [2.75, 3.05) is 11.9 Å². The van der Waals surface area contributed by atoms with Crippen molar-refractivity contribution in [3.63, 3.8) is 0 Å². The van der Waals surface area contributed by atoms with Crippen LogP contribution in [-0.4, -0.2) is 38.1 Å². The fraction of sp³-hybridized carbons (Fsp3) is 0.261. The average molecular weight is 482 g/mol. The third kappa shape index (κ3) is 3.88. The normalized spacial score (nSPS) is 13.4. The van der Waals surface area contributed by atoms with E-state index in [2.05, 4.69) is 25.7 Å². The number of benzene rings is 1. The van der Waals surface area contributed by atoms with E-state index in [0.29, 0.717) is 22.0 Å². The molecule has 0 atom stereocenters. The highest BCUT2D eigenvalue weighted by Crippen LogP contribution is 2.37. The first-order valence-electron chi connectivity index (χ1n) is 10.6. The Balaban J connectivity index is 1.74. The summed E-state index contributed by atoms with van der Waals surface area (Å²) in [6.45, 7) is 1.57. The Morgan fingerprint density at radius 2 is 2.15 bits per heavy atom. The monoisotopic (exact) mass is 481 g/mol. The smallest absolute Gasteiger partial charge is 0.283 e. The molecule has 0 spiro atoms. The lowest BCUT2D eigenvalue weighted by atomic mass is 10.0. The van der Waals surface area contributed by atoms with Gasteiger partial charge in [0.2, 0.25) is 5.91 Å². The Morgan fingerprint density at radius 1 is 1.35 bits per heavy atom. The van der Waals surface area contributed by atoms with E-state index < -0.39 is 12.1 Å². The molecule has 1 amide bonds. The van der Waals surface area contributed by atoms with Crippen LogP contribution in [0.3, 0.4) is 0 Å². The van der Waals surface area contributed by atoms with Crippen molar-refractivity contribution in [3.05, 3.63) is 52.4 Å². The summed E-state index contributed by atoms with van der Waals surface area (Å²) in [5.74, 6) is 0.00210. The number of hydrogen-bond acceptors (Lipinski definition) is 6. The van der Waals surface area contributed by atoms with E-state index in [9.17, 15) is 18.8 Å². The van der Waals surface area contributed by atoms with Gasteiger partial charge in [0.05, 0.1) is 23.5 Å². The molecule has 8 nitrogen and oxygen atoms in total. The number of nitriles is 1. The summed E-state index contributed by atoms with van der Waals surface area (Å²) in [5, 5.41) is 21.6. The number of fused-ring (bicyclic) bond motifs is 2. The minimum Gasteiger partial charge on any atom is -0.360 e. The highest BCUT2D eigenvalue weighted by Gasteiger charge is 2.28. The number of anilines is 1. The molecule has 0 unspecified atom stereocenters. The van der Waals surface area contributed by atoms with Crippen molar-refractivity contribution in [1.82, 2.24) is 24.9 Å². The molecule has 1 aliphatic rings. The van der Waals surface area contributed by atoms with E-state index in [-0.39, 0.29) is 35.5 Å². The lowest BCUT2D eigenvalue weighted by Crippen LogP contribution is -2.32. The molecule has 1 aliphatic carbocycles. The van der Waals surface area contributed by atoms with Gasteiger partial charge in [-0.05, 0) is 43.4 Å². The van der Waals surface area contributed by atoms with Crippen molar-refractivity contribution in [1.29, 1.82) is 5.26 Å². The zero-order chi connectivity index (χ0) is 24.0. The number of hydrogen-bond donors (Lipinski definition) is 2. The molecular formula is C23H18ClF2N7O. The van der Waals surface area contributed by atoms with E-state index in [1.807, 2.05) is 6.07 Å². The van der Waals surface area contributed by atoms with Crippen molar-refractivity contribution in [2.24, 2.45) is 0 Å². The van der Waals surface area contributed by atoms with Crippen LogP contribution < -0.4 is 10.6 Å². The van der Waals surface area contributed by atoms with Gasteiger partial charge in [0.1, 0.15) is 23.1 Å². The van der Waals surface area contributed by atoms with E-state index in [1.54, 1.807) is 37.4 Å². The van der Waals surface area contributed by atoms with Gasteiger partial charge in [-0.3, -0.25) is 9.78 Å². The molecule has 0 bridgehead atoms. The Bertz CT molecular complexity index is 1490. The van der Waals surface area contributed by atoms with Gasteiger partial charge in [-0.15, -0.1) is 0 Å². The number of aromatic nitrogens is 4. The second-order valence-electron chi connectivity index (χ2n) is 8.05. The van der Waals surface area contributed by atoms with Crippen molar-refractivity contribution >= 4 is 39.7 Å². The number of alkyl halides is 2. The van der Waals surface area contributed by atoms with E-state index >= 15 is 0 Å². The van der Waals surface area contributed by atoms with Gasteiger partial charge < -0.3 is 10.6 Å². The number of amides is 1. The quantitative estimate of drug-likeness (QED) is 0.422. The largest absolute Gasteiger partial charge is 0.360 e. The Kier molecular flexibility index (Phi) is 5.49. The van der Waals surface area contributed by atoms with Crippen LogP contribution in [0.2, 0.25) is 5.02 Å².